The van der Waals surface area contributed by atoms with Crippen molar-refractivity contribution in [1.82, 2.24) is 15.0 Å². The Morgan fingerprint density at radius 3 is 2.58 bits per heavy atom. The molecule has 2 heterocycles. The lowest BCUT2D eigenvalue weighted by molar-refractivity contribution is 0.465. The van der Waals surface area contributed by atoms with Crippen LogP contribution in [0.4, 0.5) is 17.3 Å². The Morgan fingerprint density at radius 2 is 1.77 bits per heavy atom. The van der Waals surface area contributed by atoms with E-state index in [1.165, 1.54) is 6.33 Å². The van der Waals surface area contributed by atoms with Gasteiger partial charge in [-0.1, -0.05) is 36.4 Å². The molecule has 0 saturated carbocycles. The lowest BCUT2D eigenvalue weighted by Crippen LogP contribution is -2.04. The molecule has 2 aromatic carbocycles. The van der Waals surface area contributed by atoms with Crippen LogP contribution in [-0.2, 0) is 0 Å². The Kier molecular flexibility index (Phi) is 4.07. The molecule has 0 spiro atoms. The van der Waals surface area contributed by atoms with E-state index in [-0.39, 0.29) is 0 Å². The first-order valence-electron chi connectivity index (χ1n) is 8.16. The predicted molar refractivity (Wildman–Crippen MR) is 103 cm³/mol. The van der Waals surface area contributed by atoms with E-state index in [0.717, 1.165) is 16.3 Å². The van der Waals surface area contributed by atoms with E-state index >= 15 is 0 Å². The van der Waals surface area contributed by atoms with Gasteiger partial charge in [-0.3, -0.25) is 0 Å². The molecule has 0 radical (unpaired) electrons. The highest BCUT2D eigenvalue weighted by atomic mass is 16.5. The lowest BCUT2D eigenvalue weighted by Gasteiger charge is -2.12. The molecular weight excluding hydrogens is 326 g/mol. The maximum absolute atomic E-state index is 6.18. The van der Waals surface area contributed by atoms with Crippen LogP contribution in [0.25, 0.3) is 10.8 Å². The summed E-state index contributed by atoms with van der Waals surface area (Å²) in [5.41, 5.74) is 7.58. The molecular formula is C20H17N5O. The molecule has 0 bridgehead atoms. The van der Waals surface area contributed by atoms with E-state index in [1.54, 1.807) is 6.20 Å². The molecule has 128 valence electrons. The van der Waals surface area contributed by atoms with Gasteiger partial charge in [0.2, 0.25) is 5.88 Å². The van der Waals surface area contributed by atoms with Crippen LogP contribution in [0.3, 0.4) is 0 Å². The van der Waals surface area contributed by atoms with E-state index in [9.17, 15) is 0 Å². The normalized spacial score (nSPS) is 10.7. The number of nitrogen functional groups attached to an aromatic ring is 1. The number of nitrogens with two attached hydrogens (primary N) is 1. The lowest BCUT2D eigenvalue weighted by atomic mass is 10.1. The van der Waals surface area contributed by atoms with Crippen LogP contribution in [0, 0.1) is 6.92 Å². The fraction of sp³-hybridized carbons (Fsp3) is 0.0500. The van der Waals surface area contributed by atoms with Gasteiger partial charge in [0.05, 0.1) is 0 Å². The van der Waals surface area contributed by atoms with Crippen molar-refractivity contribution in [2.24, 2.45) is 0 Å². The van der Waals surface area contributed by atoms with Crippen LogP contribution in [0.15, 0.2) is 67.1 Å². The number of hydrogen-bond donors (Lipinski definition) is 2. The standard InChI is InChI=1S/C20H17N5O/c1-13-6-9-17(22-11-13)25-19-18(21)20(24-12-23-19)26-16-8-7-14-4-2-3-5-15(14)10-16/h2-12H,21H2,1H3,(H,22,23,24,25). The molecule has 0 aliphatic heterocycles. The van der Waals surface area contributed by atoms with Crippen molar-refractivity contribution in [3.63, 3.8) is 0 Å². The number of benzene rings is 2. The summed E-state index contributed by atoms with van der Waals surface area (Å²) in [6.07, 6.45) is 3.18. The van der Waals surface area contributed by atoms with Crippen LogP contribution in [-0.4, -0.2) is 15.0 Å². The van der Waals surface area contributed by atoms with Crippen LogP contribution >= 0.6 is 0 Å². The summed E-state index contributed by atoms with van der Waals surface area (Å²) in [6.45, 7) is 1.98. The summed E-state index contributed by atoms with van der Waals surface area (Å²) in [7, 11) is 0. The second-order valence-electron chi connectivity index (χ2n) is 5.90. The number of nitrogens with one attached hydrogen (secondary N) is 1. The Bertz CT molecular complexity index is 1060. The number of rotatable bonds is 4. The molecule has 6 nitrogen and oxygen atoms in total. The highest BCUT2D eigenvalue weighted by molar-refractivity contribution is 5.84. The molecule has 3 N–H and O–H groups in total. The number of hydrogen-bond acceptors (Lipinski definition) is 6. The third-order valence-electron chi connectivity index (χ3n) is 3.94. The fourth-order valence-corrected chi connectivity index (χ4v) is 2.57. The molecule has 4 aromatic rings. The van der Waals surface area contributed by atoms with E-state index in [1.807, 2.05) is 55.5 Å². The number of fused-ring (bicyclic) bond motifs is 1. The Labute approximate surface area is 150 Å². The molecule has 0 saturated heterocycles. The molecule has 2 aromatic heterocycles. The summed E-state index contributed by atoms with van der Waals surface area (Å²) < 4.78 is 5.88. The molecule has 0 aliphatic carbocycles. The summed E-state index contributed by atoms with van der Waals surface area (Å²) in [5.74, 6) is 2.06. The third-order valence-corrected chi connectivity index (χ3v) is 3.94. The van der Waals surface area contributed by atoms with Gasteiger partial charge in [0, 0.05) is 6.20 Å². The number of ether oxygens (including phenoxy) is 1. The monoisotopic (exact) mass is 343 g/mol. The first-order valence-corrected chi connectivity index (χ1v) is 8.16. The zero-order chi connectivity index (χ0) is 17.9. The largest absolute Gasteiger partial charge is 0.437 e. The number of aryl methyl sites for hydroxylation is 1. The maximum Gasteiger partial charge on any atom is 0.248 e. The Balaban J connectivity index is 1.61. The summed E-state index contributed by atoms with van der Waals surface area (Å²) in [4.78, 5) is 12.6. The van der Waals surface area contributed by atoms with E-state index in [2.05, 4.69) is 26.3 Å². The molecule has 0 unspecified atom stereocenters. The quantitative estimate of drug-likeness (QED) is 0.569. The van der Waals surface area contributed by atoms with Gasteiger partial charge in [-0.05, 0) is 41.5 Å². The van der Waals surface area contributed by atoms with Crippen LogP contribution in [0.5, 0.6) is 11.6 Å². The smallest absolute Gasteiger partial charge is 0.248 e. The Morgan fingerprint density at radius 1 is 0.923 bits per heavy atom. The first-order chi connectivity index (χ1) is 12.7. The van der Waals surface area contributed by atoms with Gasteiger partial charge in [0.1, 0.15) is 23.6 Å². The van der Waals surface area contributed by atoms with Crippen molar-refractivity contribution in [3.8, 4) is 11.6 Å². The minimum Gasteiger partial charge on any atom is -0.437 e. The zero-order valence-electron chi connectivity index (χ0n) is 14.2. The molecule has 26 heavy (non-hydrogen) atoms. The summed E-state index contributed by atoms with van der Waals surface area (Å²) >= 11 is 0. The van der Waals surface area contributed by atoms with Crippen molar-refractivity contribution in [3.05, 3.63) is 72.7 Å². The topological polar surface area (TPSA) is 86.0 Å². The van der Waals surface area contributed by atoms with E-state index in [4.69, 9.17) is 10.5 Å². The molecule has 6 heteroatoms. The van der Waals surface area contributed by atoms with Crippen molar-refractivity contribution in [2.75, 3.05) is 11.1 Å². The van der Waals surface area contributed by atoms with E-state index < -0.39 is 0 Å². The number of nitrogens with zero attached hydrogens (tertiary/aromatic N) is 3. The molecule has 4 rings (SSSR count). The molecule has 0 amide bonds. The van der Waals surface area contributed by atoms with Gasteiger partial charge in [0.25, 0.3) is 0 Å². The van der Waals surface area contributed by atoms with Crippen molar-refractivity contribution in [1.29, 1.82) is 0 Å². The predicted octanol–water partition coefficient (Wildman–Crippen LogP) is 4.45. The molecule has 0 fully saturated rings. The van der Waals surface area contributed by atoms with Crippen LogP contribution in [0.2, 0.25) is 0 Å². The van der Waals surface area contributed by atoms with Crippen molar-refractivity contribution in [2.45, 2.75) is 6.92 Å². The zero-order valence-corrected chi connectivity index (χ0v) is 14.2. The molecule has 0 aliphatic rings. The molecule has 0 atom stereocenters. The number of aromatic nitrogens is 3. The first kappa shape index (κ1) is 15.8. The minimum atomic E-state index is 0.296. The van der Waals surface area contributed by atoms with Gasteiger partial charge < -0.3 is 15.8 Å². The van der Waals surface area contributed by atoms with Crippen molar-refractivity contribution >= 4 is 28.1 Å². The highest BCUT2D eigenvalue weighted by Crippen LogP contribution is 2.31. The van der Waals surface area contributed by atoms with Gasteiger partial charge in [0.15, 0.2) is 5.82 Å². The number of anilines is 3. The average Bonchev–Trinajstić information content (AvgIpc) is 2.67. The SMILES string of the molecule is Cc1ccc(Nc2ncnc(Oc3ccc4ccccc4c3)c2N)nc1. The van der Waals surface area contributed by atoms with Gasteiger partial charge in [-0.25, -0.2) is 9.97 Å². The fourth-order valence-electron chi connectivity index (χ4n) is 2.57. The number of pyridine rings is 1. The third kappa shape index (κ3) is 3.25. The summed E-state index contributed by atoms with van der Waals surface area (Å²) in [6, 6.07) is 17.7. The summed E-state index contributed by atoms with van der Waals surface area (Å²) in [5, 5.41) is 5.31. The highest BCUT2D eigenvalue weighted by Gasteiger charge is 2.11. The van der Waals surface area contributed by atoms with Gasteiger partial charge in [-0.2, -0.15) is 4.98 Å². The van der Waals surface area contributed by atoms with Crippen LogP contribution < -0.4 is 15.8 Å². The van der Waals surface area contributed by atoms with Crippen molar-refractivity contribution < 1.29 is 4.74 Å². The Hall–Kier alpha value is -3.67. The second-order valence-corrected chi connectivity index (χ2v) is 5.90. The average molecular weight is 343 g/mol. The maximum atomic E-state index is 6.18. The van der Waals surface area contributed by atoms with Gasteiger partial charge >= 0.3 is 0 Å². The minimum absolute atomic E-state index is 0.296. The van der Waals surface area contributed by atoms with E-state index in [0.29, 0.717) is 29.0 Å². The second kappa shape index (κ2) is 6.68. The van der Waals surface area contributed by atoms with Gasteiger partial charge in [-0.15, -0.1) is 0 Å². The van der Waals surface area contributed by atoms with Crippen LogP contribution in [0.1, 0.15) is 5.56 Å².